The summed E-state index contributed by atoms with van der Waals surface area (Å²) in [5, 5.41) is 2.83. The first-order valence-electron chi connectivity index (χ1n) is 6.63. The van der Waals surface area contributed by atoms with Crippen molar-refractivity contribution < 1.29 is 14.3 Å². The van der Waals surface area contributed by atoms with Gasteiger partial charge in [-0.05, 0) is 12.8 Å². The lowest BCUT2D eigenvalue weighted by Crippen LogP contribution is -2.38. The first-order chi connectivity index (χ1) is 8.61. The predicted octanol–water partition coefficient (Wildman–Crippen LogP) is 1.18. The quantitative estimate of drug-likeness (QED) is 0.599. The Bertz CT molecular complexity index is 242. The van der Waals surface area contributed by atoms with Gasteiger partial charge in [0.2, 0.25) is 11.8 Å². The Balaban J connectivity index is 3.76. The third-order valence-corrected chi connectivity index (χ3v) is 2.68. The topological polar surface area (TPSA) is 58.6 Å². The Hall–Kier alpha value is -1.10. The maximum absolute atomic E-state index is 11.4. The number of amides is 2. The zero-order valence-electron chi connectivity index (χ0n) is 11.8. The van der Waals surface area contributed by atoms with Gasteiger partial charge in [-0.1, -0.05) is 13.3 Å². The third kappa shape index (κ3) is 8.98. The van der Waals surface area contributed by atoms with Gasteiger partial charge in [-0.2, -0.15) is 0 Å². The summed E-state index contributed by atoms with van der Waals surface area (Å²) in [4.78, 5) is 24.5. The van der Waals surface area contributed by atoms with Crippen LogP contribution < -0.4 is 5.32 Å². The van der Waals surface area contributed by atoms with Gasteiger partial charge in [-0.15, -0.1) is 0 Å². The van der Waals surface area contributed by atoms with E-state index in [2.05, 4.69) is 12.2 Å². The number of ether oxygens (including phenoxy) is 1. The molecule has 0 aliphatic rings. The number of carbonyl (C=O) groups excluding carboxylic acids is 2. The second-order valence-electron chi connectivity index (χ2n) is 4.31. The lowest BCUT2D eigenvalue weighted by atomic mass is 10.2. The highest BCUT2D eigenvalue weighted by Gasteiger charge is 2.08. The van der Waals surface area contributed by atoms with Crippen molar-refractivity contribution in [3.05, 3.63) is 0 Å². The Morgan fingerprint density at radius 3 is 2.50 bits per heavy atom. The third-order valence-electron chi connectivity index (χ3n) is 2.68. The number of nitrogens with zero attached hydrogens (tertiary/aromatic N) is 1. The van der Waals surface area contributed by atoms with E-state index < -0.39 is 0 Å². The van der Waals surface area contributed by atoms with E-state index in [1.165, 1.54) is 0 Å². The summed E-state index contributed by atoms with van der Waals surface area (Å²) in [6.07, 6.45) is 3.32. The van der Waals surface area contributed by atoms with Crippen LogP contribution in [0.15, 0.2) is 0 Å². The van der Waals surface area contributed by atoms with Crippen LogP contribution in [0.4, 0.5) is 0 Å². The van der Waals surface area contributed by atoms with Crippen molar-refractivity contribution in [1.29, 1.82) is 0 Å². The van der Waals surface area contributed by atoms with Crippen LogP contribution in [-0.2, 0) is 14.3 Å². The normalized spacial score (nSPS) is 10.2. The molecule has 0 unspecified atom stereocenters. The fraction of sp³-hybridized carbons (Fsp3) is 0.846. The van der Waals surface area contributed by atoms with E-state index in [9.17, 15) is 9.59 Å². The molecule has 2 amide bonds. The standard InChI is InChI=1S/C13H26N2O3/c1-4-5-7-13(17)14-8-10-15(12(2)16)9-6-11-18-3/h4-11H2,1-3H3,(H,14,17). The molecule has 0 atom stereocenters. The van der Waals surface area contributed by atoms with E-state index in [1.54, 1.807) is 18.9 Å². The first kappa shape index (κ1) is 16.9. The molecule has 0 saturated heterocycles. The highest BCUT2D eigenvalue weighted by molar-refractivity contribution is 5.76. The molecule has 0 saturated carbocycles. The second-order valence-corrected chi connectivity index (χ2v) is 4.31. The zero-order valence-corrected chi connectivity index (χ0v) is 11.8. The van der Waals surface area contributed by atoms with Gasteiger partial charge in [-0.3, -0.25) is 9.59 Å². The van der Waals surface area contributed by atoms with Crippen LogP contribution >= 0.6 is 0 Å². The van der Waals surface area contributed by atoms with E-state index in [0.29, 0.717) is 32.7 Å². The lowest BCUT2D eigenvalue weighted by Gasteiger charge is -2.21. The average molecular weight is 258 g/mol. The smallest absolute Gasteiger partial charge is 0.220 e. The number of hydrogen-bond donors (Lipinski definition) is 1. The number of carbonyl (C=O) groups is 2. The van der Waals surface area contributed by atoms with Gasteiger partial charge < -0.3 is 15.0 Å². The molecule has 0 aromatic heterocycles. The Morgan fingerprint density at radius 1 is 1.22 bits per heavy atom. The van der Waals surface area contributed by atoms with E-state index >= 15 is 0 Å². The van der Waals surface area contributed by atoms with E-state index in [1.807, 2.05) is 0 Å². The molecule has 0 heterocycles. The van der Waals surface area contributed by atoms with Crippen LogP contribution in [-0.4, -0.2) is 50.1 Å². The number of rotatable bonds is 10. The van der Waals surface area contributed by atoms with Crippen molar-refractivity contribution in [3.8, 4) is 0 Å². The molecule has 0 rings (SSSR count). The molecule has 0 aromatic rings. The van der Waals surface area contributed by atoms with E-state index in [-0.39, 0.29) is 11.8 Å². The van der Waals surface area contributed by atoms with Crippen molar-refractivity contribution in [1.82, 2.24) is 10.2 Å². The lowest BCUT2D eigenvalue weighted by molar-refractivity contribution is -0.129. The fourth-order valence-electron chi connectivity index (χ4n) is 1.58. The molecule has 1 N–H and O–H groups in total. The molecule has 0 bridgehead atoms. The molecule has 18 heavy (non-hydrogen) atoms. The monoisotopic (exact) mass is 258 g/mol. The van der Waals surface area contributed by atoms with Crippen molar-refractivity contribution in [2.24, 2.45) is 0 Å². The summed E-state index contributed by atoms with van der Waals surface area (Å²) in [5.74, 6) is 0.103. The molecule has 5 nitrogen and oxygen atoms in total. The van der Waals surface area contributed by atoms with Crippen LogP contribution in [0.25, 0.3) is 0 Å². The van der Waals surface area contributed by atoms with E-state index in [4.69, 9.17) is 4.74 Å². The predicted molar refractivity (Wildman–Crippen MR) is 71.3 cm³/mol. The van der Waals surface area contributed by atoms with Gasteiger partial charge in [0.15, 0.2) is 0 Å². The first-order valence-corrected chi connectivity index (χ1v) is 6.63. The Labute approximate surface area is 110 Å². The van der Waals surface area contributed by atoms with E-state index in [0.717, 1.165) is 19.3 Å². The van der Waals surface area contributed by atoms with Gasteiger partial charge in [-0.25, -0.2) is 0 Å². The molecular formula is C13H26N2O3. The highest BCUT2D eigenvalue weighted by atomic mass is 16.5. The Kier molecular flexibility index (Phi) is 10.3. The molecule has 0 fully saturated rings. The number of nitrogens with one attached hydrogen (secondary N) is 1. The van der Waals surface area contributed by atoms with Crippen LogP contribution in [0.5, 0.6) is 0 Å². The maximum Gasteiger partial charge on any atom is 0.220 e. The summed E-state index contributed by atoms with van der Waals surface area (Å²) in [6.45, 7) is 6.01. The summed E-state index contributed by atoms with van der Waals surface area (Å²) < 4.78 is 4.95. The van der Waals surface area contributed by atoms with Crippen molar-refractivity contribution in [2.75, 3.05) is 33.4 Å². The number of methoxy groups -OCH3 is 1. The van der Waals surface area contributed by atoms with Gasteiger partial charge in [0.05, 0.1) is 0 Å². The fourth-order valence-corrected chi connectivity index (χ4v) is 1.58. The van der Waals surface area contributed by atoms with Gasteiger partial charge >= 0.3 is 0 Å². The second kappa shape index (κ2) is 11.0. The summed E-state index contributed by atoms with van der Waals surface area (Å²) in [5.41, 5.74) is 0. The minimum atomic E-state index is 0.0360. The summed E-state index contributed by atoms with van der Waals surface area (Å²) >= 11 is 0. The molecule has 5 heteroatoms. The van der Waals surface area contributed by atoms with Gasteiger partial charge in [0.25, 0.3) is 0 Å². The maximum atomic E-state index is 11.4. The highest BCUT2D eigenvalue weighted by Crippen LogP contribution is 1.95. The molecule has 0 aromatic carbocycles. The van der Waals surface area contributed by atoms with Crippen LogP contribution in [0, 0.1) is 0 Å². The number of hydrogen-bond acceptors (Lipinski definition) is 3. The molecule has 0 radical (unpaired) electrons. The van der Waals surface area contributed by atoms with Crippen molar-refractivity contribution in [2.45, 2.75) is 39.5 Å². The molecule has 106 valence electrons. The molecule has 0 aliphatic carbocycles. The summed E-state index contributed by atoms with van der Waals surface area (Å²) in [7, 11) is 1.64. The van der Waals surface area contributed by atoms with Crippen molar-refractivity contribution >= 4 is 11.8 Å². The largest absolute Gasteiger partial charge is 0.385 e. The number of unbranched alkanes of at least 4 members (excludes halogenated alkanes) is 1. The average Bonchev–Trinajstić information content (AvgIpc) is 2.34. The van der Waals surface area contributed by atoms with Crippen molar-refractivity contribution in [3.63, 3.8) is 0 Å². The molecular weight excluding hydrogens is 232 g/mol. The van der Waals surface area contributed by atoms with Crippen LogP contribution in [0.3, 0.4) is 0 Å². The minimum absolute atomic E-state index is 0.0360. The molecule has 0 aliphatic heterocycles. The molecule has 0 spiro atoms. The zero-order chi connectivity index (χ0) is 13.8. The SMILES string of the molecule is CCCCC(=O)NCCN(CCCOC)C(C)=O. The summed E-state index contributed by atoms with van der Waals surface area (Å²) in [6, 6.07) is 0. The Morgan fingerprint density at radius 2 is 1.94 bits per heavy atom. The van der Waals surface area contributed by atoms with Gasteiger partial charge in [0.1, 0.15) is 0 Å². The minimum Gasteiger partial charge on any atom is -0.385 e. The van der Waals surface area contributed by atoms with Crippen LogP contribution in [0.1, 0.15) is 39.5 Å². The van der Waals surface area contributed by atoms with Crippen LogP contribution in [0.2, 0.25) is 0 Å². The van der Waals surface area contributed by atoms with Gasteiger partial charge in [0, 0.05) is 46.7 Å².